The number of nitrogens with zero attached hydrogens (tertiary/aromatic N) is 2. The van der Waals surface area contributed by atoms with E-state index in [1.807, 2.05) is 12.1 Å². The summed E-state index contributed by atoms with van der Waals surface area (Å²) in [5.41, 5.74) is 0. The van der Waals surface area contributed by atoms with Crippen LogP contribution in [0.4, 0.5) is 5.82 Å². The number of anilines is 1. The van der Waals surface area contributed by atoms with Crippen LogP contribution in [0.25, 0.3) is 0 Å². The van der Waals surface area contributed by atoms with Crippen LogP contribution in [0.1, 0.15) is 6.42 Å². The lowest BCUT2D eigenvalue weighted by molar-refractivity contribution is -0.128. The van der Waals surface area contributed by atoms with Gasteiger partial charge in [-0.3, -0.25) is 4.79 Å². The minimum Gasteiger partial charge on any atom is -0.370 e. The standard InChI is InChI=1S/C10H14ClN3O/c1-14(2)10(15)6-7-12-9-5-3-4-8(11)13-9/h3-5H,6-7H2,1-2H3,(H,12,13). The lowest BCUT2D eigenvalue weighted by atomic mass is 10.3. The maximum atomic E-state index is 11.2. The Morgan fingerprint density at radius 1 is 1.53 bits per heavy atom. The Morgan fingerprint density at radius 3 is 2.87 bits per heavy atom. The van der Waals surface area contributed by atoms with Crippen molar-refractivity contribution in [1.82, 2.24) is 9.88 Å². The molecule has 0 aliphatic heterocycles. The first-order valence-electron chi connectivity index (χ1n) is 4.66. The van der Waals surface area contributed by atoms with Gasteiger partial charge in [0.25, 0.3) is 0 Å². The molecule has 1 rings (SSSR count). The molecule has 0 saturated heterocycles. The van der Waals surface area contributed by atoms with Crippen LogP contribution in [0.3, 0.4) is 0 Å². The molecule has 0 aliphatic carbocycles. The fourth-order valence-electron chi connectivity index (χ4n) is 1.03. The highest BCUT2D eigenvalue weighted by Crippen LogP contribution is 2.08. The molecule has 1 amide bonds. The van der Waals surface area contributed by atoms with Crippen molar-refractivity contribution in [3.05, 3.63) is 23.4 Å². The first kappa shape index (κ1) is 11.8. The number of carbonyl (C=O) groups excluding carboxylic acids is 1. The first-order valence-corrected chi connectivity index (χ1v) is 5.04. The van der Waals surface area contributed by atoms with Crippen LogP contribution < -0.4 is 5.32 Å². The van der Waals surface area contributed by atoms with Gasteiger partial charge in [-0.15, -0.1) is 0 Å². The Kier molecular flexibility index (Phi) is 4.37. The van der Waals surface area contributed by atoms with Gasteiger partial charge in [0.2, 0.25) is 5.91 Å². The molecule has 0 unspecified atom stereocenters. The van der Waals surface area contributed by atoms with Crippen molar-refractivity contribution < 1.29 is 4.79 Å². The van der Waals surface area contributed by atoms with E-state index >= 15 is 0 Å². The fraction of sp³-hybridized carbons (Fsp3) is 0.400. The summed E-state index contributed by atoms with van der Waals surface area (Å²) < 4.78 is 0. The van der Waals surface area contributed by atoms with Crippen LogP contribution in [-0.2, 0) is 4.79 Å². The first-order chi connectivity index (χ1) is 7.09. The van der Waals surface area contributed by atoms with Gasteiger partial charge in [-0.25, -0.2) is 4.98 Å². The number of nitrogens with one attached hydrogen (secondary N) is 1. The van der Waals surface area contributed by atoms with Crippen molar-refractivity contribution in [3.63, 3.8) is 0 Å². The van der Waals surface area contributed by atoms with E-state index in [-0.39, 0.29) is 5.91 Å². The second-order valence-electron chi connectivity index (χ2n) is 3.31. The van der Waals surface area contributed by atoms with Crippen LogP contribution in [-0.4, -0.2) is 36.4 Å². The molecule has 0 atom stereocenters. The van der Waals surface area contributed by atoms with Gasteiger partial charge in [0.05, 0.1) is 0 Å². The van der Waals surface area contributed by atoms with Gasteiger partial charge in [-0.2, -0.15) is 0 Å². The van der Waals surface area contributed by atoms with E-state index in [1.165, 1.54) is 0 Å². The van der Waals surface area contributed by atoms with Crippen LogP contribution >= 0.6 is 11.6 Å². The van der Waals surface area contributed by atoms with E-state index < -0.39 is 0 Å². The van der Waals surface area contributed by atoms with Gasteiger partial charge in [-0.05, 0) is 12.1 Å². The summed E-state index contributed by atoms with van der Waals surface area (Å²) in [5, 5.41) is 3.47. The molecule has 0 bridgehead atoms. The zero-order chi connectivity index (χ0) is 11.3. The summed E-state index contributed by atoms with van der Waals surface area (Å²) >= 11 is 5.71. The van der Waals surface area contributed by atoms with E-state index in [4.69, 9.17) is 11.6 Å². The molecule has 1 aromatic heterocycles. The van der Waals surface area contributed by atoms with E-state index in [0.717, 1.165) is 0 Å². The summed E-state index contributed by atoms with van der Waals surface area (Å²) in [5.74, 6) is 0.776. The number of pyridine rings is 1. The lowest BCUT2D eigenvalue weighted by Gasteiger charge is -2.10. The fourth-order valence-corrected chi connectivity index (χ4v) is 1.19. The molecule has 0 spiro atoms. The molecule has 5 heteroatoms. The van der Waals surface area contributed by atoms with Gasteiger partial charge < -0.3 is 10.2 Å². The third kappa shape index (κ3) is 4.16. The highest BCUT2D eigenvalue weighted by molar-refractivity contribution is 6.29. The van der Waals surface area contributed by atoms with Crippen molar-refractivity contribution in [2.75, 3.05) is 26.0 Å². The topological polar surface area (TPSA) is 45.2 Å². The van der Waals surface area contributed by atoms with Crippen LogP contribution in [0.5, 0.6) is 0 Å². The van der Waals surface area contributed by atoms with E-state index in [1.54, 1.807) is 25.1 Å². The smallest absolute Gasteiger partial charge is 0.223 e. The van der Waals surface area contributed by atoms with Crippen LogP contribution in [0.15, 0.2) is 18.2 Å². The Labute approximate surface area is 94.3 Å². The molecule has 0 radical (unpaired) electrons. The average molecular weight is 228 g/mol. The summed E-state index contributed by atoms with van der Waals surface area (Å²) in [7, 11) is 3.47. The molecule has 1 aromatic rings. The highest BCUT2D eigenvalue weighted by atomic mass is 35.5. The number of amides is 1. The summed E-state index contributed by atoms with van der Waals surface area (Å²) in [6.07, 6.45) is 0.446. The Hall–Kier alpha value is -1.29. The molecule has 0 aliphatic rings. The predicted molar refractivity (Wildman–Crippen MR) is 61.0 cm³/mol. The van der Waals surface area contributed by atoms with E-state index in [2.05, 4.69) is 10.3 Å². The molecule has 4 nitrogen and oxygen atoms in total. The largest absolute Gasteiger partial charge is 0.370 e. The number of aromatic nitrogens is 1. The minimum atomic E-state index is 0.0875. The summed E-state index contributed by atoms with van der Waals surface area (Å²) in [4.78, 5) is 16.8. The van der Waals surface area contributed by atoms with Gasteiger partial charge in [0.1, 0.15) is 11.0 Å². The average Bonchev–Trinajstić information content (AvgIpc) is 2.17. The predicted octanol–water partition coefficient (Wildman–Crippen LogP) is 1.63. The number of rotatable bonds is 4. The molecule has 1 heterocycles. The van der Waals surface area contributed by atoms with Crippen molar-refractivity contribution in [3.8, 4) is 0 Å². The van der Waals surface area contributed by atoms with E-state index in [9.17, 15) is 4.79 Å². The molecule has 15 heavy (non-hydrogen) atoms. The number of halogens is 1. The quantitative estimate of drug-likeness (QED) is 0.796. The zero-order valence-corrected chi connectivity index (χ0v) is 9.58. The molecule has 1 N–H and O–H groups in total. The SMILES string of the molecule is CN(C)C(=O)CCNc1cccc(Cl)n1. The van der Waals surface area contributed by atoms with Gasteiger partial charge in [-0.1, -0.05) is 17.7 Å². The molecule has 0 fully saturated rings. The van der Waals surface area contributed by atoms with Gasteiger partial charge >= 0.3 is 0 Å². The Balaban J connectivity index is 2.35. The lowest BCUT2D eigenvalue weighted by Crippen LogP contribution is -2.24. The van der Waals surface area contributed by atoms with E-state index in [0.29, 0.717) is 23.9 Å². The number of hydrogen-bond acceptors (Lipinski definition) is 3. The monoisotopic (exact) mass is 227 g/mol. The molecular weight excluding hydrogens is 214 g/mol. The van der Waals surface area contributed by atoms with Gasteiger partial charge in [0, 0.05) is 27.1 Å². The molecule has 0 aromatic carbocycles. The maximum absolute atomic E-state index is 11.2. The van der Waals surface area contributed by atoms with Crippen molar-refractivity contribution in [1.29, 1.82) is 0 Å². The minimum absolute atomic E-state index is 0.0875. The van der Waals surface area contributed by atoms with Gasteiger partial charge in [0.15, 0.2) is 0 Å². The summed E-state index contributed by atoms with van der Waals surface area (Å²) in [6.45, 7) is 0.560. The van der Waals surface area contributed by atoms with Crippen LogP contribution in [0.2, 0.25) is 5.15 Å². The third-order valence-electron chi connectivity index (χ3n) is 1.86. The highest BCUT2D eigenvalue weighted by Gasteiger charge is 2.03. The van der Waals surface area contributed by atoms with Crippen LogP contribution in [0, 0.1) is 0 Å². The molecular formula is C10H14ClN3O. The zero-order valence-electron chi connectivity index (χ0n) is 8.83. The molecule has 0 saturated carbocycles. The number of hydrogen-bond donors (Lipinski definition) is 1. The van der Waals surface area contributed by atoms with Crippen molar-refractivity contribution in [2.24, 2.45) is 0 Å². The second kappa shape index (κ2) is 5.56. The third-order valence-corrected chi connectivity index (χ3v) is 2.07. The Bertz CT molecular complexity index is 341. The maximum Gasteiger partial charge on any atom is 0.223 e. The Morgan fingerprint density at radius 2 is 2.27 bits per heavy atom. The second-order valence-corrected chi connectivity index (χ2v) is 3.70. The summed E-state index contributed by atoms with van der Waals surface area (Å²) in [6, 6.07) is 5.33. The van der Waals surface area contributed by atoms with Crippen molar-refractivity contribution >= 4 is 23.3 Å². The van der Waals surface area contributed by atoms with Crippen molar-refractivity contribution in [2.45, 2.75) is 6.42 Å². The normalized spacial score (nSPS) is 9.80. The number of carbonyl (C=O) groups is 1. The molecule has 82 valence electrons.